The average Bonchev–Trinajstić information content (AvgIpc) is 3.07. The van der Waals surface area contributed by atoms with Gasteiger partial charge in [-0.05, 0) is 31.2 Å². The van der Waals surface area contributed by atoms with Crippen LogP contribution in [0.1, 0.15) is 11.5 Å². The van der Waals surface area contributed by atoms with Gasteiger partial charge in [-0.1, -0.05) is 11.6 Å². The van der Waals surface area contributed by atoms with Crippen molar-refractivity contribution in [1.82, 2.24) is 9.97 Å². The molecule has 3 rings (SSSR count). The van der Waals surface area contributed by atoms with E-state index in [1.807, 2.05) is 6.92 Å². The van der Waals surface area contributed by atoms with Crippen LogP contribution in [0, 0.1) is 6.92 Å². The van der Waals surface area contributed by atoms with Gasteiger partial charge >= 0.3 is 0 Å². The van der Waals surface area contributed by atoms with Crippen molar-refractivity contribution in [2.75, 3.05) is 0 Å². The topological polar surface area (TPSA) is 61.3 Å². The Morgan fingerprint density at radius 2 is 2.20 bits per heavy atom. The van der Waals surface area contributed by atoms with Crippen LogP contribution in [0.4, 0.5) is 0 Å². The van der Waals surface area contributed by atoms with Crippen LogP contribution in [-0.2, 0) is 6.61 Å². The average molecular weight is 291 g/mol. The van der Waals surface area contributed by atoms with Crippen molar-refractivity contribution < 1.29 is 13.6 Å². The standard InChI is InChI=1S/C14H11ClN2O3/c1-9-10(8-19-11-4-2-6-16-13(11)15)17-14(20-9)12-5-3-7-18-12/h2-7H,8H2,1H3. The first kappa shape index (κ1) is 12.7. The predicted octanol–water partition coefficient (Wildman–Crippen LogP) is 3.87. The summed E-state index contributed by atoms with van der Waals surface area (Å²) in [7, 11) is 0. The Bertz CT molecular complexity index is 707. The van der Waals surface area contributed by atoms with Crippen LogP contribution in [0.2, 0.25) is 5.15 Å². The van der Waals surface area contributed by atoms with E-state index in [4.69, 9.17) is 25.2 Å². The quantitative estimate of drug-likeness (QED) is 0.683. The molecule has 0 aliphatic rings. The number of oxazole rings is 1. The first-order valence-corrected chi connectivity index (χ1v) is 6.35. The van der Waals surface area contributed by atoms with Crippen LogP contribution in [0.25, 0.3) is 11.7 Å². The molecule has 3 heterocycles. The lowest BCUT2D eigenvalue weighted by molar-refractivity contribution is 0.298. The highest BCUT2D eigenvalue weighted by atomic mass is 35.5. The number of ether oxygens (including phenoxy) is 1. The van der Waals surface area contributed by atoms with Gasteiger partial charge in [-0.3, -0.25) is 0 Å². The van der Waals surface area contributed by atoms with Gasteiger partial charge in [-0.2, -0.15) is 0 Å². The van der Waals surface area contributed by atoms with Crippen molar-refractivity contribution in [2.45, 2.75) is 13.5 Å². The molecule has 0 aromatic carbocycles. The van der Waals surface area contributed by atoms with Crippen molar-refractivity contribution in [3.63, 3.8) is 0 Å². The fourth-order valence-electron chi connectivity index (χ4n) is 1.69. The molecular formula is C14H11ClN2O3. The van der Waals surface area contributed by atoms with Crippen molar-refractivity contribution >= 4 is 11.6 Å². The number of hydrogen-bond donors (Lipinski definition) is 0. The van der Waals surface area contributed by atoms with Crippen LogP contribution in [0.3, 0.4) is 0 Å². The molecule has 5 nitrogen and oxygen atoms in total. The summed E-state index contributed by atoms with van der Waals surface area (Å²) >= 11 is 5.92. The van der Waals surface area contributed by atoms with Crippen LogP contribution in [0.15, 0.2) is 45.6 Å². The molecule has 0 unspecified atom stereocenters. The lowest BCUT2D eigenvalue weighted by atomic mass is 10.4. The van der Waals surface area contributed by atoms with Crippen molar-refractivity contribution in [3.8, 4) is 17.4 Å². The minimum absolute atomic E-state index is 0.251. The van der Waals surface area contributed by atoms with Gasteiger partial charge in [-0.25, -0.2) is 9.97 Å². The highest BCUT2D eigenvalue weighted by Crippen LogP contribution is 2.25. The highest BCUT2D eigenvalue weighted by molar-refractivity contribution is 6.30. The Morgan fingerprint density at radius 3 is 2.95 bits per heavy atom. The van der Waals surface area contributed by atoms with E-state index in [1.165, 1.54) is 0 Å². The summed E-state index contributed by atoms with van der Waals surface area (Å²) in [6, 6.07) is 7.07. The molecule has 0 fully saturated rings. The fraction of sp³-hybridized carbons (Fsp3) is 0.143. The zero-order chi connectivity index (χ0) is 13.9. The normalized spacial score (nSPS) is 10.7. The van der Waals surface area contributed by atoms with E-state index >= 15 is 0 Å². The molecule has 0 atom stereocenters. The number of furan rings is 1. The molecule has 6 heteroatoms. The largest absolute Gasteiger partial charge is 0.484 e. The van der Waals surface area contributed by atoms with E-state index < -0.39 is 0 Å². The molecule has 3 aromatic heterocycles. The summed E-state index contributed by atoms with van der Waals surface area (Å²) in [5, 5.41) is 0.319. The molecule has 0 spiro atoms. The molecule has 20 heavy (non-hydrogen) atoms. The number of rotatable bonds is 4. The molecule has 102 valence electrons. The maximum Gasteiger partial charge on any atom is 0.263 e. The summed E-state index contributed by atoms with van der Waals surface area (Å²) in [6.45, 7) is 2.07. The van der Waals surface area contributed by atoms with E-state index in [0.29, 0.717) is 34.0 Å². The van der Waals surface area contributed by atoms with Gasteiger partial charge in [0.05, 0.1) is 6.26 Å². The predicted molar refractivity (Wildman–Crippen MR) is 72.5 cm³/mol. The Hall–Kier alpha value is -2.27. The van der Waals surface area contributed by atoms with Gasteiger partial charge in [0.2, 0.25) is 0 Å². The molecule has 3 aromatic rings. The van der Waals surface area contributed by atoms with E-state index in [0.717, 1.165) is 0 Å². The van der Waals surface area contributed by atoms with Crippen LogP contribution in [-0.4, -0.2) is 9.97 Å². The molecule has 0 saturated heterocycles. The monoisotopic (exact) mass is 290 g/mol. The molecule has 0 radical (unpaired) electrons. The van der Waals surface area contributed by atoms with Gasteiger partial charge in [-0.15, -0.1) is 0 Å². The van der Waals surface area contributed by atoms with Crippen molar-refractivity contribution in [1.29, 1.82) is 0 Å². The fourth-order valence-corrected chi connectivity index (χ4v) is 1.87. The minimum Gasteiger partial charge on any atom is -0.484 e. The molecule has 0 amide bonds. The molecular weight excluding hydrogens is 280 g/mol. The van der Waals surface area contributed by atoms with E-state index in [-0.39, 0.29) is 6.61 Å². The van der Waals surface area contributed by atoms with Gasteiger partial charge < -0.3 is 13.6 Å². The van der Waals surface area contributed by atoms with E-state index in [1.54, 1.807) is 36.7 Å². The summed E-state index contributed by atoms with van der Waals surface area (Å²) in [6.07, 6.45) is 3.17. The molecule has 0 aliphatic carbocycles. The van der Waals surface area contributed by atoms with Gasteiger partial charge in [0.1, 0.15) is 18.1 Å². The van der Waals surface area contributed by atoms with Crippen molar-refractivity contribution in [3.05, 3.63) is 53.3 Å². The third-order valence-electron chi connectivity index (χ3n) is 2.71. The minimum atomic E-state index is 0.251. The molecule has 0 bridgehead atoms. The summed E-state index contributed by atoms with van der Waals surface area (Å²) in [5.74, 6) is 2.20. The lowest BCUT2D eigenvalue weighted by Crippen LogP contribution is -1.98. The number of halogens is 1. The number of nitrogens with zero attached hydrogens (tertiary/aromatic N) is 2. The first-order chi connectivity index (χ1) is 9.74. The third-order valence-corrected chi connectivity index (χ3v) is 3.00. The first-order valence-electron chi connectivity index (χ1n) is 5.97. The maximum absolute atomic E-state index is 5.92. The Labute approximate surface area is 120 Å². The van der Waals surface area contributed by atoms with Crippen LogP contribution in [0.5, 0.6) is 5.75 Å². The summed E-state index contributed by atoms with van der Waals surface area (Å²) < 4.78 is 16.4. The van der Waals surface area contributed by atoms with E-state index in [9.17, 15) is 0 Å². The smallest absolute Gasteiger partial charge is 0.263 e. The van der Waals surface area contributed by atoms with E-state index in [2.05, 4.69) is 9.97 Å². The van der Waals surface area contributed by atoms with Crippen LogP contribution < -0.4 is 4.74 Å². The summed E-state index contributed by atoms with van der Waals surface area (Å²) in [5.41, 5.74) is 0.691. The third kappa shape index (κ3) is 2.53. The maximum atomic E-state index is 5.92. The highest BCUT2D eigenvalue weighted by Gasteiger charge is 2.14. The summed E-state index contributed by atoms with van der Waals surface area (Å²) in [4.78, 5) is 8.29. The van der Waals surface area contributed by atoms with Gasteiger partial charge in [0, 0.05) is 6.20 Å². The second-order valence-electron chi connectivity index (χ2n) is 4.08. The zero-order valence-corrected chi connectivity index (χ0v) is 11.4. The van der Waals surface area contributed by atoms with Crippen LogP contribution >= 0.6 is 11.6 Å². The molecule has 0 aliphatic heterocycles. The Balaban J connectivity index is 1.77. The van der Waals surface area contributed by atoms with Gasteiger partial charge in [0.25, 0.3) is 5.89 Å². The van der Waals surface area contributed by atoms with Gasteiger partial charge in [0.15, 0.2) is 16.7 Å². The number of aromatic nitrogens is 2. The number of aryl methyl sites for hydroxylation is 1. The Kier molecular flexibility index (Phi) is 3.43. The number of pyridine rings is 1. The lowest BCUT2D eigenvalue weighted by Gasteiger charge is -2.04. The Morgan fingerprint density at radius 1 is 1.30 bits per heavy atom. The number of hydrogen-bond acceptors (Lipinski definition) is 5. The molecule has 0 N–H and O–H groups in total. The SMILES string of the molecule is Cc1oc(-c2ccco2)nc1COc1cccnc1Cl. The van der Waals surface area contributed by atoms with Crippen molar-refractivity contribution in [2.24, 2.45) is 0 Å². The second-order valence-corrected chi connectivity index (χ2v) is 4.44. The molecule has 0 saturated carbocycles. The zero-order valence-electron chi connectivity index (χ0n) is 10.7. The second kappa shape index (κ2) is 5.38.